The van der Waals surface area contributed by atoms with Gasteiger partial charge in [-0.3, -0.25) is 4.79 Å². The fourth-order valence-corrected chi connectivity index (χ4v) is 3.07. The van der Waals surface area contributed by atoms with Crippen molar-refractivity contribution in [2.24, 2.45) is 5.73 Å². The number of piperidine rings is 1. The Morgan fingerprint density at radius 1 is 1.29 bits per heavy atom. The molecule has 1 aliphatic rings. The van der Waals surface area contributed by atoms with E-state index in [9.17, 15) is 4.79 Å². The number of benzene rings is 1. The topological polar surface area (TPSA) is 84.1 Å². The molecule has 1 aromatic heterocycles. The number of aromatic nitrogens is 2. The van der Waals surface area contributed by atoms with Crippen LogP contribution in [-0.2, 0) is 0 Å². The van der Waals surface area contributed by atoms with Crippen molar-refractivity contribution in [2.45, 2.75) is 18.8 Å². The number of nitrogens with one attached hydrogen (secondary N) is 1. The number of nitrogens with zero attached hydrogens (tertiary/aromatic N) is 3. The van der Waals surface area contributed by atoms with Gasteiger partial charge in [-0.1, -0.05) is 12.1 Å². The lowest BCUT2D eigenvalue weighted by atomic mass is 9.89. The van der Waals surface area contributed by atoms with Gasteiger partial charge in [0, 0.05) is 37.3 Å². The fourth-order valence-electron chi connectivity index (χ4n) is 3.07. The summed E-state index contributed by atoms with van der Waals surface area (Å²) in [7, 11) is 3.88. The van der Waals surface area contributed by atoms with Crippen LogP contribution < -0.4 is 16.0 Å². The average molecular weight is 325 g/mol. The first-order valence-corrected chi connectivity index (χ1v) is 8.21. The second-order valence-electron chi connectivity index (χ2n) is 6.33. The molecule has 6 heteroatoms. The summed E-state index contributed by atoms with van der Waals surface area (Å²) >= 11 is 0. The Morgan fingerprint density at radius 3 is 2.71 bits per heavy atom. The van der Waals surface area contributed by atoms with Crippen LogP contribution in [0.2, 0.25) is 0 Å². The molecule has 0 atom stereocenters. The van der Waals surface area contributed by atoms with Gasteiger partial charge in [0.25, 0.3) is 0 Å². The summed E-state index contributed by atoms with van der Waals surface area (Å²) in [5.74, 6) is 0.671. The predicted molar refractivity (Wildman–Crippen MR) is 95.2 cm³/mol. The van der Waals surface area contributed by atoms with Crippen molar-refractivity contribution in [1.29, 1.82) is 0 Å². The van der Waals surface area contributed by atoms with E-state index >= 15 is 0 Å². The standard InChI is InChI=1S/C18H23N5O/c1-23(2)18-21-11-15(13-4-3-5-14(10-13)17(19)24)16(22-18)12-6-8-20-9-7-12/h3-5,10-12,20H,6-9H2,1-2H3,(H2,19,24). The van der Waals surface area contributed by atoms with E-state index in [1.807, 2.05) is 43.4 Å². The number of hydrogen-bond acceptors (Lipinski definition) is 5. The van der Waals surface area contributed by atoms with E-state index in [1.54, 1.807) is 6.07 Å². The van der Waals surface area contributed by atoms with Gasteiger partial charge in [0.2, 0.25) is 11.9 Å². The zero-order valence-corrected chi connectivity index (χ0v) is 14.1. The highest BCUT2D eigenvalue weighted by Crippen LogP contribution is 2.33. The number of carbonyl (C=O) groups is 1. The molecular weight excluding hydrogens is 302 g/mol. The molecule has 1 aliphatic heterocycles. The van der Waals surface area contributed by atoms with Crippen molar-refractivity contribution >= 4 is 11.9 Å². The third-order valence-corrected chi connectivity index (χ3v) is 4.39. The first kappa shape index (κ1) is 16.4. The van der Waals surface area contributed by atoms with Gasteiger partial charge in [0.15, 0.2) is 0 Å². The van der Waals surface area contributed by atoms with E-state index in [4.69, 9.17) is 10.7 Å². The largest absolute Gasteiger partial charge is 0.366 e. The van der Waals surface area contributed by atoms with Gasteiger partial charge in [0.1, 0.15) is 0 Å². The minimum absolute atomic E-state index is 0.389. The normalized spacial score (nSPS) is 15.2. The summed E-state index contributed by atoms with van der Waals surface area (Å²) in [6, 6.07) is 7.37. The molecular formula is C18H23N5O. The maximum atomic E-state index is 11.5. The zero-order chi connectivity index (χ0) is 17.1. The lowest BCUT2D eigenvalue weighted by Gasteiger charge is -2.25. The monoisotopic (exact) mass is 325 g/mol. The van der Waals surface area contributed by atoms with E-state index in [0.717, 1.165) is 42.8 Å². The number of nitrogens with two attached hydrogens (primary N) is 1. The van der Waals surface area contributed by atoms with E-state index in [-0.39, 0.29) is 0 Å². The van der Waals surface area contributed by atoms with Crippen LogP contribution in [0.15, 0.2) is 30.5 Å². The molecule has 0 bridgehead atoms. The Morgan fingerprint density at radius 2 is 2.04 bits per heavy atom. The molecule has 2 aromatic rings. The summed E-state index contributed by atoms with van der Waals surface area (Å²) in [5.41, 5.74) is 8.89. The van der Waals surface area contributed by atoms with Crippen LogP contribution in [0.5, 0.6) is 0 Å². The Hall–Kier alpha value is -2.47. The number of anilines is 1. The molecule has 0 spiro atoms. The third kappa shape index (κ3) is 3.38. The summed E-state index contributed by atoms with van der Waals surface area (Å²) < 4.78 is 0. The molecule has 0 unspecified atom stereocenters. The van der Waals surface area contributed by atoms with E-state index in [0.29, 0.717) is 17.4 Å². The maximum Gasteiger partial charge on any atom is 0.248 e. The predicted octanol–water partition coefficient (Wildman–Crippen LogP) is 1.78. The highest BCUT2D eigenvalue weighted by molar-refractivity contribution is 5.94. The highest BCUT2D eigenvalue weighted by Gasteiger charge is 2.22. The van der Waals surface area contributed by atoms with Crippen LogP contribution in [0.1, 0.15) is 34.8 Å². The molecule has 6 nitrogen and oxygen atoms in total. The fraction of sp³-hybridized carbons (Fsp3) is 0.389. The molecule has 0 aliphatic carbocycles. The van der Waals surface area contributed by atoms with Crippen molar-refractivity contribution < 1.29 is 4.79 Å². The summed E-state index contributed by atoms with van der Waals surface area (Å²) in [6.07, 6.45) is 3.96. The molecule has 3 rings (SSSR count). The van der Waals surface area contributed by atoms with Crippen molar-refractivity contribution in [2.75, 3.05) is 32.1 Å². The molecule has 126 valence electrons. The molecule has 3 N–H and O–H groups in total. The van der Waals surface area contributed by atoms with Gasteiger partial charge in [-0.05, 0) is 43.6 Å². The molecule has 1 aromatic carbocycles. The van der Waals surface area contributed by atoms with Crippen molar-refractivity contribution in [3.63, 3.8) is 0 Å². The number of amides is 1. The van der Waals surface area contributed by atoms with E-state index in [1.165, 1.54) is 0 Å². The van der Waals surface area contributed by atoms with E-state index < -0.39 is 5.91 Å². The van der Waals surface area contributed by atoms with Crippen LogP contribution in [-0.4, -0.2) is 43.1 Å². The molecule has 2 heterocycles. The van der Waals surface area contributed by atoms with Crippen LogP contribution in [0.3, 0.4) is 0 Å². The van der Waals surface area contributed by atoms with Crippen LogP contribution in [0.25, 0.3) is 11.1 Å². The van der Waals surface area contributed by atoms with Crippen molar-refractivity contribution in [1.82, 2.24) is 15.3 Å². The zero-order valence-electron chi connectivity index (χ0n) is 14.1. The van der Waals surface area contributed by atoms with Crippen LogP contribution in [0.4, 0.5) is 5.95 Å². The SMILES string of the molecule is CN(C)c1ncc(-c2cccc(C(N)=O)c2)c(C2CCNCC2)n1. The first-order chi connectivity index (χ1) is 11.6. The second kappa shape index (κ2) is 6.97. The highest BCUT2D eigenvalue weighted by atomic mass is 16.1. The Labute approximate surface area is 142 Å². The first-order valence-electron chi connectivity index (χ1n) is 8.21. The number of primary amides is 1. The molecule has 1 saturated heterocycles. The van der Waals surface area contributed by atoms with Gasteiger partial charge >= 0.3 is 0 Å². The minimum Gasteiger partial charge on any atom is -0.366 e. The summed E-state index contributed by atoms with van der Waals surface area (Å²) in [6.45, 7) is 1.99. The van der Waals surface area contributed by atoms with E-state index in [2.05, 4.69) is 10.3 Å². The van der Waals surface area contributed by atoms with Crippen LogP contribution in [0, 0.1) is 0 Å². The summed E-state index contributed by atoms with van der Waals surface area (Å²) in [4.78, 5) is 22.7. The lowest BCUT2D eigenvalue weighted by molar-refractivity contribution is 0.100. The number of hydrogen-bond donors (Lipinski definition) is 2. The van der Waals surface area contributed by atoms with Gasteiger partial charge in [-0.15, -0.1) is 0 Å². The maximum absolute atomic E-state index is 11.5. The Bertz CT molecular complexity index is 738. The Balaban J connectivity index is 2.08. The smallest absolute Gasteiger partial charge is 0.248 e. The molecule has 0 saturated carbocycles. The summed E-state index contributed by atoms with van der Waals surface area (Å²) in [5, 5.41) is 3.39. The second-order valence-corrected chi connectivity index (χ2v) is 6.33. The van der Waals surface area contributed by atoms with Crippen molar-refractivity contribution in [3.05, 3.63) is 41.7 Å². The molecule has 24 heavy (non-hydrogen) atoms. The minimum atomic E-state index is -0.425. The molecule has 1 amide bonds. The van der Waals surface area contributed by atoms with Gasteiger partial charge in [-0.2, -0.15) is 0 Å². The average Bonchev–Trinajstić information content (AvgIpc) is 2.62. The van der Waals surface area contributed by atoms with Gasteiger partial charge in [-0.25, -0.2) is 9.97 Å². The molecule has 1 fully saturated rings. The van der Waals surface area contributed by atoms with Crippen LogP contribution >= 0.6 is 0 Å². The number of carbonyl (C=O) groups excluding carboxylic acids is 1. The third-order valence-electron chi connectivity index (χ3n) is 4.39. The van der Waals surface area contributed by atoms with Gasteiger partial charge < -0.3 is 16.0 Å². The quantitative estimate of drug-likeness (QED) is 0.895. The lowest BCUT2D eigenvalue weighted by Crippen LogP contribution is -2.27. The van der Waals surface area contributed by atoms with Crippen molar-refractivity contribution in [3.8, 4) is 11.1 Å². The molecule has 0 radical (unpaired) electrons. The number of rotatable bonds is 4. The Kier molecular flexibility index (Phi) is 4.76. The van der Waals surface area contributed by atoms with Gasteiger partial charge in [0.05, 0.1) is 5.69 Å².